The van der Waals surface area contributed by atoms with Gasteiger partial charge in [-0.25, -0.2) is 12.8 Å². The Kier molecular flexibility index (Phi) is 7.64. The van der Waals surface area contributed by atoms with Crippen molar-refractivity contribution in [1.82, 2.24) is 9.21 Å². The molecule has 0 aromatic heterocycles. The number of rotatable bonds is 8. The number of hydrogen-bond acceptors (Lipinski definition) is 5. The van der Waals surface area contributed by atoms with Crippen molar-refractivity contribution in [3.8, 4) is 0 Å². The van der Waals surface area contributed by atoms with Crippen LogP contribution in [0.5, 0.6) is 0 Å². The summed E-state index contributed by atoms with van der Waals surface area (Å²) in [5.41, 5.74) is 1.85. The number of carbonyl (C=O) groups is 1. The van der Waals surface area contributed by atoms with Gasteiger partial charge in [0.05, 0.1) is 11.4 Å². The van der Waals surface area contributed by atoms with Gasteiger partial charge in [0, 0.05) is 50.6 Å². The molecule has 1 amide bonds. The number of amides is 1. The minimum absolute atomic E-state index is 0.0771. The maximum Gasteiger partial charge on any atom is 0.243 e. The van der Waals surface area contributed by atoms with Crippen molar-refractivity contribution in [3.05, 3.63) is 54.3 Å². The average molecular weight is 449 g/mol. The molecule has 7 nitrogen and oxygen atoms in total. The molecule has 0 unspecified atom stereocenters. The van der Waals surface area contributed by atoms with E-state index in [4.69, 9.17) is 0 Å². The smallest absolute Gasteiger partial charge is 0.243 e. The van der Waals surface area contributed by atoms with Gasteiger partial charge in [0.1, 0.15) is 5.82 Å². The highest BCUT2D eigenvalue weighted by Crippen LogP contribution is 2.19. The van der Waals surface area contributed by atoms with Crippen LogP contribution in [-0.2, 0) is 14.8 Å². The first-order chi connectivity index (χ1) is 14.8. The highest BCUT2D eigenvalue weighted by Gasteiger charge is 2.29. The molecule has 168 valence electrons. The van der Waals surface area contributed by atoms with Gasteiger partial charge in [0.15, 0.2) is 0 Å². The van der Waals surface area contributed by atoms with Crippen molar-refractivity contribution >= 4 is 27.3 Å². The second kappa shape index (κ2) is 10.2. The van der Waals surface area contributed by atoms with Crippen molar-refractivity contribution in [2.24, 2.45) is 0 Å². The van der Waals surface area contributed by atoms with Crippen LogP contribution in [0.2, 0.25) is 0 Å². The van der Waals surface area contributed by atoms with E-state index in [1.54, 1.807) is 0 Å². The number of halogens is 1. The Bertz CT molecular complexity index is 969. The highest BCUT2D eigenvalue weighted by atomic mass is 32.2. The number of nitrogens with one attached hydrogen (secondary N) is 1. The maximum atomic E-state index is 13.1. The predicted octanol–water partition coefficient (Wildman–Crippen LogP) is 2.62. The number of carbonyl (C=O) groups excluding carboxylic acids is 1. The van der Waals surface area contributed by atoms with Gasteiger partial charge in [-0.2, -0.15) is 4.31 Å². The third-order valence-corrected chi connectivity index (χ3v) is 7.34. The van der Waals surface area contributed by atoms with E-state index in [1.807, 2.05) is 29.2 Å². The Balaban J connectivity index is 1.50. The van der Waals surface area contributed by atoms with E-state index in [9.17, 15) is 17.6 Å². The second-order valence-corrected chi connectivity index (χ2v) is 9.34. The van der Waals surface area contributed by atoms with Gasteiger partial charge in [0.25, 0.3) is 0 Å². The molecule has 1 N–H and O–H groups in total. The van der Waals surface area contributed by atoms with Crippen molar-refractivity contribution < 1.29 is 17.6 Å². The van der Waals surface area contributed by atoms with Crippen LogP contribution in [0.15, 0.2) is 53.4 Å². The van der Waals surface area contributed by atoms with Gasteiger partial charge in [-0.05, 0) is 62.4 Å². The van der Waals surface area contributed by atoms with Gasteiger partial charge >= 0.3 is 0 Å². The second-order valence-electron chi connectivity index (χ2n) is 7.40. The van der Waals surface area contributed by atoms with Crippen LogP contribution >= 0.6 is 0 Å². The van der Waals surface area contributed by atoms with E-state index in [1.165, 1.54) is 16.4 Å². The van der Waals surface area contributed by atoms with Crippen molar-refractivity contribution in [3.63, 3.8) is 0 Å². The molecule has 0 saturated carbocycles. The molecule has 3 rings (SSSR count). The molecule has 9 heteroatoms. The van der Waals surface area contributed by atoms with E-state index in [0.29, 0.717) is 13.1 Å². The lowest BCUT2D eigenvalue weighted by molar-refractivity contribution is -0.117. The number of anilines is 2. The summed E-state index contributed by atoms with van der Waals surface area (Å²) < 4.78 is 39.8. The SMILES string of the molecule is CCN(CC)c1ccc(NC(=O)CN2CCN(S(=O)(=O)c3ccc(F)cc3)CC2)cc1. The molecule has 1 heterocycles. The lowest BCUT2D eigenvalue weighted by Crippen LogP contribution is -2.50. The van der Waals surface area contributed by atoms with Crippen LogP contribution in [-0.4, -0.2) is 69.3 Å². The molecule has 1 saturated heterocycles. The largest absolute Gasteiger partial charge is 0.372 e. The summed E-state index contributed by atoms with van der Waals surface area (Å²) in [5, 5.41) is 2.90. The summed E-state index contributed by atoms with van der Waals surface area (Å²) in [6, 6.07) is 12.6. The highest BCUT2D eigenvalue weighted by molar-refractivity contribution is 7.89. The molecule has 0 radical (unpaired) electrons. The summed E-state index contributed by atoms with van der Waals surface area (Å²) in [5.74, 6) is -0.608. The fourth-order valence-corrected chi connectivity index (χ4v) is 5.05. The lowest BCUT2D eigenvalue weighted by atomic mass is 10.2. The fraction of sp³-hybridized carbons (Fsp3) is 0.409. The number of nitrogens with zero attached hydrogens (tertiary/aromatic N) is 3. The van der Waals surface area contributed by atoms with Gasteiger partial charge in [-0.15, -0.1) is 0 Å². The summed E-state index contributed by atoms with van der Waals surface area (Å²) >= 11 is 0. The molecule has 2 aromatic rings. The molecule has 0 aliphatic carbocycles. The quantitative estimate of drug-likeness (QED) is 0.672. The third-order valence-electron chi connectivity index (χ3n) is 5.43. The molecular formula is C22H29FN4O3S. The summed E-state index contributed by atoms with van der Waals surface area (Å²) in [7, 11) is -3.66. The molecule has 0 bridgehead atoms. The molecule has 0 atom stereocenters. The minimum atomic E-state index is -3.66. The Hall–Kier alpha value is -2.49. The van der Waals surface area contributed by atoms with Gasteiger partial charge in [-0.3, -0.25) is 9.69 Å². The third kappa shape index (κ3) is 5.81. The van der Waals surface area contributed by atoms with Crippen molar-refractivity contribution in [2.45, 2.75) is 18.7 Å². The van der Waals surface area contributed by atoms with Crippen LogP contribution in [0.4, 0.5) is 15.8 Å². The van der Waals surface area contributed by atoms with Crippen LogP contribution in [0.25, 0.3) is 0 Å². The Labute approximate surface area is 183 Å². The van der Waals surface area contributed by atoms with E-state index in [0.717, 1.165) is 36.6 Å². The first-order valence-corrected chi connectivity index (χ1v) is 11.9. The van der Waals surface area contributed by atoms with E-state index in [2.05, 4.69) is 24.1 Å². The minimum Gasteiger partial charge on any atom is -0.372 e. The molecule has 1 aliphatic rings. The first kappa shape index (κ1) is 23.2. The standard InChI is InChI=1S/C22H29FN4O3S/c1-3-26(4-2)20-9-7-19(8-10-20)24-22(28)17-25-13-15-27(16-14-25)31(29,30)21-11-5-18(23)6-12-21/h5-12H,3-4,13-17H2,1-2H3,(H,24,28). The summed E-state index contributed by atoms with van der Waals surface area (Å²) in [6.45, 7) is 7.71. The zero-order valence-corrected chi connectivity index (χ0v) is 18.7. The van der Waals surface area contributed by atoms with Crippen molar-refractivity contribution in [1.29, 1.82) is 0 Å². The van der Waals surface area contributed by atoms with Crippen LogP contribution in [0, 0.1) is 5.82 Å². The van der Waals surface area contributed by atoms with E-state index < -0.39 is 15.8 Å². The Morgan fingerprint density at radius 3 is 2.10 bits per heavy atom. The number of sulfonamides is 1. The van der Waals surface area contributed by atoms with E-state index >= 15 is 0 Å². The topological polar surface area (TPSA) is 73.0 Å². The van der Waals surface area contributed by atoms with E-state index in [-0.39, 0.29) is 30.4 Å². The molecular weight excluding hydrogens is 419 g/mol. The molecule has 1 aliphatic heterocycles. The van der Waals surface area contributed by atoms with Crippen LogP contribution < -0.4 is 10.2 Å². The average Bonchev–Trinajstić information content (AvgIpc) is 2.76. The maximum absolute atomic E-state index is 13.1. The fourth-order valence-electron chi connectivity index (χ4n) is 3.63. The lowest BCUT2D eigenvalue weighted by Gasteiger charge is -2.33. The van der Waals surface area contributed by atoms with Crippen molar-refractivity contribution in [2.75, 3.05) is 56.0 Å². The molecule has 1 fully saturated rings. The summed E-state index contributed by atoms with van der Waals surface area (Å²) in [4.78, 5) is 16.6. The van der Waals surface area contributed by atoms with Gasteiger partial charge in [0.2, 0.25) is 15.9 Å². The van der Waals surface area contributed by atoms with Gasteiger partial charge < -0.3 is 10.2 Å². The number of benzene rings is 2. The zero-order chi connectivity index (χ0) is 22.4. The van der Waals surface area contributed by atoms with Crippen LogP contribution in [0.3, 0.4) is 0 Å². The molecule has 31 heavy (non-hydrogen) atoms. The Morgan fingerprint density at radius 2 is 1.55 bits per heavy atom. The zero-order valence-electron chi connectivity index (χ0n) is 17.9. The Morgan fingerprint density at radius 1 is 0.968 bits per heavy atom. The van der Waals surface area contributed by atoms with Crippen LogP contribution in [0.1, 0.15) is 13.8 Å². The number of hydrogen-bond donors (Lipinski definition) is 1. The van der Waals surface area contributed by atoms with Gasteiger partial charge in [-0.1, -0.05) is 0 Å². The number of piperazine rings is 1. The molecule has 0 spiro atoms. The first-order valence-electron chi connectivity index (χ1n) is 10.5. The predicted molar refractivity (Wildman–Crippen MR) is 120 cm³/mol. The summed E-state index contributed by atoms with van der Waals surface area (Å²) in [6.07, 6.45) is 0. The monoisotopic (exact) mass is 448 g/mol. The molecule has 2 aromatic carbocycles. The normalized spacial score (nSPS) is 15.6.